The molecule has 2 aliphatic carbocycles. The summed E-state index contributed by atoms with van der Waals surface area (Å²) in [7, 11) is 0. The molecule has 0 radical (unpaired) electrons. The molecule has 2 fully saturated rings. The smallest absolute Gasteiger partial charge is 0.126 e. The van der Waals surface area contributed by atoms with Crippen LogP contribution in [0.1, 0.15) is 75.3 Å². The van der Waals surface area contributed by atoms with Crippen molar-refractivity contribution < 1.29 is 4.39 Å². The maximum atomic E-state index is 13.8. The van der Waals surface area contributed by atoms with Gasteiger partial charge in [0.1, 0.15) is 5.82 Å². The molecule has 2 aromatic carbocycles. The summed E-state index contributed by atoms with van der Waals surface area (Å²) in [6, 6.07) is 14.3. The predicted octanol–water partition coefficient (Wildman–Crippen LogP) is 8.12. The maximum absolute atomic E-state index is 13.8. The molecule has 0 heterocycles. The lowest BCUT2D eigenvalue weighted by atomic mass is 9.70. The van der Waals surface area contributed by atoms with Crippen LogP contribution in [0.25, 0.3) is 11.1 Å². The molecule has 0 unspecified atom stereocenters. The first-order chi connectivity index (χ1) is 13.7. The van der Waals surface area contributed by atoms with Crippen molar-refractivity contribution in [1.82, 2.24) is 0 Å². The topological polar surface area (TPSA) is 0 Å². The SMILES string of the molecule is Cc1ccc(-c2ccc(CCC3CCC(C4CCCCC4)CC3)cc2)cc1F. The van der Waals surface area contributed by atoms with Gasteiger partial charge in [0.05, 0.1) is 0 Å². The minimum Gasteiger partial charge on any atom is -0.207 e. The van der Waals surface area contributed by atoms with Gasteiger partial charge in [0, 0.05) is 0 Å². The minimum absolute atomic E-state index is 0.120. The molecule has 2 aliphatic rings. The van der Waals surface area contributed by atoms with Gasteiger partial charge in [-0.3, -0.25) is 0 Å². The second-order valence-electron chi connectivity index (χ2n) is 9.38. The summed E-state index contributed by atoms with van der Waals surface area (Å²) in [6.45, 7) is 1.81. The Labute approximate surface area is 170 Å². The Morgan fingerprint density at radius 3 is 2.07 bits per heavy atom. The van der Waals surface area contributed by atoms with Gasteiger partial charge in [-0.15, -0.1) is 0 Å². The van der Waals surface area contributed by atoms with E-state index in [-0.39, 0.29) is 5.82 Å². The third-order valence-corrected chi connectivity index (χ3v) is 7.51. The van der Waals surface area contributed by atoms with Gasteiger partial charge < -0.3 is 0 Å². The van der Waals surface area contributed by atoms with Crippen LogP contribution < -0.4 is 0 Å². The summed E-state index contributed by atoms with van der Waals surface area (Å²) in [6.07, 6.45) is 15.8. The van der Waals surface area contributed by atoms with Gasteiger partial charge in [0.25, 0.3) is 0 Å². The van der Waals surface area contributed by atoms with Gasteiger partial charge in [-0.25, -0.2) is 4.39 Å². The highest BCUT2D eigenvalue weighted by Crippen LogP contribution is 2.41. The Bertz CT molecular complexity index is 746. The van der Waals surface area contributed by atoms with Gasteiger partial charge in [0.15, 0.2) is 0 Å². The second-order valence-corrected chi connectivity index (χ2v) is 9.38. The zero-order chi connectivity index (χ0) is 19.3. The molecule has 2 saturated carbocycles. The van der Waals surface area contributed by atoms with Crippen molar-refractivity contribution in [3.05, 3.63) is 59.4 Å². The summed E-state index contributed by atoms with van der Waals surface area (Å²) >= 11 is 0. The first kappa shape index (κ1) is 19.7. The van der Waals surface area contributed by atoms with Crippen LogP contribution in [0.5, 0.6) is 0 Å². The Hall–Kier alpha value is -1.63. The average Bonchev–Trinajstić information content (AvgIpc) is 2.76. The highest BCUT2D eigenvalue weighted by molar-refractivity contribution is 5.64. The van der Waals surface area contributed by atoms with Crippen molar-refractivity contribution in [2.45, 2.75) is 77.6 Å². The third kappa shape index (κ3) is 4.85. The summed E-state index contributed by atoms with van der Waals surface area (Å²) < 4.78 is 13.8. The third-order valence-electron chi connectivity index (χ3n) is 7.51. The Kier molecular flexibility index (Phi) is 6.50. The van der Waals surface area contributed by atoms with E-state index in [2.05, 4.69) is 24.3 Å². The van der Waals surface area contributed by atoms with Gasteiger partial charge in [-0.05, 0) is 78.7 Å². The number of rotatable bonds is 5. The molecule has 0 aromatic heterocycles. The summed E-state index contributed by atoms with van der Waals surface area (Å²) in [5, 5.41) is 0. The number of halogens is 1. The van der Waals surface area contributed by atoms with Crippen LogP contribution in [0.15, 0.2) is 42.5 Å². The molecule has 2 aromatic rings. The van der Waals surface area contributed by atoms with Crippen LogP contribution in [0.2, 0.25) is 0 Å². The molecule has 0 N–H and O–H groups in total. The average molecular weight is 379 g/mol. The fourth-order valence-corrected chi connectivity index (χ4v) is 5.56. The molecule has 4 rings (SSSR count). The lowest BCUT2D eigenvalue weighted by molar-refractivity contribution is 0.163. The first-order valence-corrected chi connectivity index (χ1v) is 11.5. The normalized spacial score (nSPS) is 23.6. The maximum Gasteiger partial charge on any atom is 0.126 e. The van der Waals surface area contributed by atoms with E-state index in [9.17, 15) is 4.39 Å². The quantitative estimate of drug-likeness (QED) is 0.493. The van der Waals surface area contributed by atoms with Crippen LogP contribution in [-0.2, 0) is 6.42 Å². The molecule has 1 heteroatoms. The van der Waals surface area contributed by atoms with Crippen LogP contribution in [0.3, 0.4) is 0 Å². The van der Waals surface area contributed by atoms with E-state index in [1.165, 1.54) is 76.2 Å². The fraction of sp³-hybridized carbons (Fsp3) is 0.556. The van der Waals surface area contributed by atoms with E-state index in [0.29, 0.717) is 5.56 Å². The molecular weight excluding hydrogens is 343 g/mol. The van der Waals surface area contributed by atoms with Crippen molar-refractivity contribution in [2.75, 3.05) is 0 Å². The Morgan fingerprint density at radius 1 is 0.750 bits per heavy atom. The largest absolute Gasteiger partial charge is 0.207 e. The van der Waals surface area contributed by atoms with Crippen molar-refractivity contribution >= 4 is 0 Å². The monoisotopic (exact) mass is 378 g/mol. The Morgan fingerprint density at radius 2 is 1.39 bits per heavy atom. The molecule has 0 saturated heterocycles. The van der Waals surface area contributed by atoms with Crippen LogP contribution in [-0.4, -0.2) is 0 Å². The summed E-state index contributed by atoms with van der Waals surface area (Å²) in [5.41, 5.74) is 4.20. The molecule has 150 valence electrons. The van der Waals surface area contributed by atoms with Crippen LogP contribution >= 0.6 is 0 Å². The summed E-state index contributed by atoms with van der Waals surface area (Å²) in [4.78, 5) is 0. The van der Waals surface area contributed by atoms with E-state index in [4.69, 9.17) is 0 Å². The second kappa shape index (κ2) is 9.25. The highest BCUT2D eigenvalue weighted by atomic mass is 19.1. The standard InChI is InChI=1S/C27H35F/c1-20-7-14-26(19-27(20)28)25-17-12-22(13-18-25)9-8-21-10-15-24(16-11-21)23-5-3-2-4-6-23/h7,12-14,17-19,21,23-24H,2-6,8-11,15-16H2,1H3. The zero-order valence-corrected chi connectivity index (χ0v) is 17.4. The zero-order valence-electron chi connectivity index (χ0n) is 17.4. The van der Waals surface area contributed by atoms with E-state index in [1.807, 2.05) is 19.1 Å². The summed E-state index contributed by atoms with van der Waals surface area (Å²) in [5.74, 6) is 2.88. The molecular formula is C27H35F. The molecule has 0 nitrogen and oxygen atoms in total. The number of hydrogen-bond donors (Lipinski definition) is 0. The number of hydrogen-bond acceptors (Lipinski definition) is 0. The molecule has 0 aliphatic heterocycles. The van der Waals surface area contributed by atoms with Crippen LogP contribution in [0.4, 0.5) is 4.39 Å². The minimum atomic E-state index is -0.120. The van der Waals surface area contributed by atoms with Gasteiger partial charge in [-0.2, -0.15) is 0 Å². The Balaban J connectivity index is 1.26. The van der Waals surface area contributed by atoms with E-state index in [0.717, 1.165) is 28.9 Å². The molecule has 28 heavy (non-hydrogen) atoms. The van der Waals surface area contributed by atoms with Crippen LogP contribution in [0, 0.1) is 30.5 Å². The van der Waals surface area contributed by atoms with Crippen molar-refractivity contribution in [1.29, 1.82) is 0 Å². The van der Waals surface area contributed by atoms with Crippen molar-refractivity contribution in [3.63, 3.8) is 0 Å². The lowest BCUT2D eigenvalue weighted by Gasteiger charge is -2.36. The number of benzene rings is 2. The number of aryl methyl sites for hydroxylation is 2. The van der Waals surface area contributed by atoms with E-state index < -0.39 is 0 Å². The highest BCUT2D eigenvalue weighted by Gasteiger charge is 2.28. The predicted molar refractivity (Wildman–Crippen MR) is 117 cm³/mol. The van der Waals surface area contributed by atoms with Gasteiger partial charge in [-0.1, -0.05) is 81.3 Å². The molecule has 0 spiro atoms. The van der Waals surface area contributed by atoms with E-state index >= 15 is 0 Å². The lowest BCUT2D eigenvalue weighted by Crippen LogP contribution is -2.23. The van der Waals surface area contributed by atoms with Gasteiger partial charge >= 0.3 is 0 Å². The molecule has 0 atom stereocenters. The van der Waals surface area contributed by atoms with Crippen molar-refractivity contribution in [2.24, 2.45) is 17.8 Å². The molecule has 0 bridgehead atoms. The first-order valence-electron chi connectivity index (χ1n) is 11.5. The molecule has 0 amide bonds. The van der Waals surface area contributed by atoms with Crippen molar-refractivity contribution in [3.8, 4) is 11.1 Å². The van der Waals surface area contributed by atoms with E-state index in [1.54, 1.807) is 6.07 Å². The van der Waals surface area contributed by atoms with Gasteiger partial charge in [0.2, 0.25) is 0 Å². The fourth-order valence-electron chi connectivity index (χ4n) is 5.56.